The Balaban J connectivity index is 0.000000211. The van der Waals surface area contributed by atoms with E-state index >= 15 is 0 Å². The minimum atomic E-state index is 0.859. The van der Waals surface area contributed by atoms with E-state index in [4.69, 9.17) is 9.47 Å². The van der Waals surface area contributed by atoms with Gasteiger partial charge in [0, 0.05) is 11.4 Å². The van der Waals surface area contributed by atoms with Gasteiger partial charge in [-0.05, 0) is 97.3 Å². The second kappa shape index (κ2) is 25.3. The first-order chi connectivity index (χ1) is 27.0. The minimum absolute atomic E-state index is 0.859. The average Bonchev–Trinajstić information content (AvgIpc) is 3.25. The van der Waals surface area contributed by atoms with Crippen molar-refractivity contribution in [3.63, 3.8) is 0 Å². The summed E-state index contributed by atoms with van der Waals surface area (Å²) in [6.45, 7) is 4.67. The zero-order valence-corrected chi connectivity index (χ0v) is 36.3. The van der Waals surface area contributed by atoms with Gasteiger partial charge >= 0.3 is 0 Å². The summed E-state index contributed by atoms with van der Waals surface area (Å²) in [5.41, 5.74) is 2.44. The number of hydrogen-bond donors (Lipinski definition) is 0. The maximum absolute atomic E-state index is 5.20. The van der Waals surface area contributed by atoms with Crippen molar-refractivity contribution in [1.82, 2.24) is 9.97 Å². The lowest BCUT2D eigenvalue weighted by molar-refractivity contribution is 0.208. The van der Waals surface area contributed by atoms with E-state index in [2.05, 4.69) is 35.9 Å². The largest absolute Gasteiger partial charge is 0.495 e. The summed E-state index contributed by atoms with van der Waals surface area (Å²) >= 11 is 0. The van der Waals surface area contributed by atoms with Crippen LogP contribution in [0.15, 0.2) is 36.7 Å². The Morgan fingerprint density at radius 2 is 0.709 bits per heavy atom. The van der Waals surface area contributed by atoms with Crippen LogP contribution in [0.4, 0.5) is 0 Å². The molecule has 0 saturated heterocycles. The Kier molecular flexibility index (Phi) is 20.2. The van der Waals surface area contributed by atoms with Gasteiger partial charge in [-0.1, -0.05) is 174 Å². The molecule has 4 heteroatoms. The summed E-state index contributed by atoms with van der Waals surface area (Å²) in [5.74, 6) is 9.84. The lowest BCUT2D eigenvalue weighted by Crippen LogP contribution is -2.18. The highest BCUT2D eigenvalue weighted by atomic mass is 16.5. The fourth-order valence-electron chi connectivity index (χ4n) is 11.1. The lowest BCUT2D eigenvalue weighted by atomic mass is 9.74. The molecular formula is C51H84N2O2. The third-order valence-electron chi connectivity index (χ3n) is 15.2. The Hall–Kier alpha value is -2.10. The van der Waals surface area contributed by atoms with Crippen molar-refractivity contribution in [1.29, 1.82) is 0 Å². The fourth-order valence-corrected chi connectivity index (χ4v) is 11.1. The lowest BCUT2D eigenvalue weighted by Gasteiger charge is -2.32. The summed E-state index contributed by atoms with van der Waals surface area (Å²) < 4.78 is 10.4. The van der Waals surface area contributed by atoms with E-state index in [9.17, 15) is 0 Å². The standard InChI is InChI=1S/C26H43NO.C25H41NO/c1-3-4-5-21-6-8-22(9-7-21)10-11-23-12-14-24(15-13-23)16-17-25-18-19-26(28-2)20-27-25;1-3-4-20-5-7-21(8-6-20)9-10-22-11-13-23(14-12-22)15-16-24-17-18-25(27-2)19-26-24/h18-24H,3-17H2,1-2H3;17-23H,3-16H2,1-2H3. The summed E-state index contributed by atoms with van der Waals surface area (Å²) in [6.07, 6.45) is 45.7. The van der Waals surface area contributed by atoms with Gasteiger partial charge in [-0.25, -0.2) is 0 Å². The zero-order valence-electron chi connectivity index (χ0n) is 36.3. The van der Waals surface area contributed by atoms with Gasteiger partial charge in [0.05, 0.1) is 26.6 Å². The second-order valence-electron chi connectivity index (χ2n) is 19.1. The smallest absolute Gasteiger partial charge is 0.137 e. The average molecular weight is 757 g/mol. The first-order valence-corrected chi connectivity index (χ1v) is 24.0. The minimum Gasteiger partial charge on any atom is -0.495 e. The summed E-state index contributed by atoms with van der Waals surface area (Å²) in [5, 5.41) is 0. The summed E-state index contributed by atoms with van der Waals surface area (Å²) in [6, 6.07) is 8.33. The molecule has 0 unspecified atom stereocenters. The first-order valence-electron chi connectivity index (χ1n) is 24.0. The molecule has 55 heavy (non-hydrogen) atoms. The van der Waals surface area contributed by atoms with E-state index in [0.29, 0.717) is 0 Å². The molecule has 4 fully saturated rings. The van der Waals surface area contributed by atoms with Crippen LogP contribution in [0.2, 0.25) is 0 Å². The predicted molar refractivity (Wildman–Crippen MR) is 233 cm³/mol. The van der Waals surface area contributed by atoms with E-state index in [1.165, 1.54) is 185 Å². The van der Waals surface area contributed by atoms with Gasteiger partial charge in [0.15, 0.2) is 0 Å². The van der Waals surface area contributed by atoms with Gasteiger partial charge in [-0.3, -0.25) is 9.97 Å². The Morgan fingerprint density at radius 1 is 0.400 bits per heavy atom. The number of ether oxygens (including phenoxy) is 2. The maximum atomic E-state index is 5.20. The molecule has 4 aliphatic rings. The second-order valence-corrected chi connectivity index (χ2v) is 19.1. The van der Waals surface area contributed by atoms with Gasteiger partial charge in [0.1, 0.15) is 11.5 Å². The predicted octanol–water partition coefficient (Wildman–Crippen LogP) is 14.8. The van der Waals surface area contributed by atoms with Gasteiger partial charge in [-0.2, -0.15) is 0 Å². The molecule has 0 radical (unpaired) electrons. The normalized spacial score (nSPS) is 28.5. The highest BCUT2D eigenvalue weighted by Gasteiger charge is 2.26. The Labute approximate surface area is 339 Å². The van der Waals surface area contributed by atoms with Crippen molar-refractivity contribution >= 4 is 0 Å². The van der Waals surface area contributed by atoms with Gasteiger partial charge in [0.2, 0.25) is 0 Å². The molecule has 4 nitrogen and oxygen atoms in total. The van der Waals surface area contributed by atoms with Gasteiger partial charge in [-0.15, -0.1) is 0 Å². The molecule has 4 aliphatic carbocycles. The maximum Gasteiger partial charge on any atom is 0.137 e. The van der Waals surface area contributed by atoms with Crippen LogP contribution in [-0.2, 0) is 12.8 Å². The molecule has 0 spiro atoms. The number of pyridine rings is 2. The molecule has 0 atom stereocenters. The molecule has 0 bridgehead atoms. The molecule has 0 aromatic carbocycles. The molecule has 6 rings (SSSR count). The van der Waals surface area contributed by atoms with Crippen LogP contribution in [-0.4, -0.2) is 24.2 Å². The van der Waals surface area contributed by atoms with E-state index in [1.807, 2.05) is 24.5 Å². The van der Waals surface area contributed by atoms with Crippen molar-refractivity contribution in [3.8, 4) is 11.5 Å². The third-order valence-corrected chi connectivity index (χ3v) is 15.2. The Morgan fingerprint density at radius 3 is 0.982 bits per heavy atom. The highest BCUT2D eigenvalue weighted by Crippen LogP contribution is 2.40. The van der Waals surface area contributed by atoms with Crippen molar-refractivity contribution in [2.75, 3.05) is 14.2 Å². The van der Waals surface area contributed by atoms with E-state index in [1.54, 1.807) is 14.2 Å². The van der Waals surface area contributed by atoms with E-state index < -0.39 is 0 Å². The van der Waals surface area contributed by atoms with Crippen LogP contribution in [0.3, 0.4) is 0 Å². The number of methoxy groups -OCH3 is 2. The number of unbranched alkanes of at least 4 members (excludes halogenated alkanes) is 1. The molecule has 2 aromatic rings. The first kappa shape index (κ1) is 44.0. The summed E-state index contributed by atoms with van der Waals surface area (Å²) in [7, 11) is 3.40. The number of aryl methyl sites for hydroxylation is 2. The van der Waals surface area contributed by atoms with Crippen molar-refractivity contribution in [2.24, 2.45) is 47.3 Å². The third kappa shape index (κ3) is 16.4. The monoisotopic (exact) mass is 757 g/mol. The molecule has 0 aliphatic heterocycles. The van der Waals surface area contributed by atoms with Crippen LogP contribution >= 0.6 is 0 Å². The molecule has 2 heterocycles. The quantitative estimate of drug-likeness (QED) is 0.143. The van der Waals surface area contributed by atoms with Crippen LogP contribution < -0.4 is 9.47 Å². The SMILES string of the molecule is CCCC1CCC(CCC2CCC(CCc3ccc(OC)cn3)CC2)CC1.CCCCC1CCC(CCC2CCC(CCc3ccc(OC)cn3)CC2)CC1. The van der Waals surface area contributed by atoms with Crippen LogP contribution in [0.25, 0.3) is 0 Å². The topological polar surface area (TPSA) is 44.2 Å². The number of nitrogens with zero attached hydrogens (tertiary/aromatic N) is 2. The molecule has 310 valence electrons. The zero-order chi connectivity index (χ0) is 38.5. The molecule has 2 aromatic heterocycles. The molecule has 0 N–H and O–H groups in total. The van der Waals surface area contributed by atoms with Crippen LogP contribution in [0.5, 0.6) is 11.5 Å². The molecular weight excluding hydrogens is 673 g/mol. The van der Waals surface area contributed by atoms with Gasteiger partial charge < -0.3 is 9.47 Å². The number of hydrogen-bond acceptors (Lipinski definition) is 4. The van der Waals surface area contributed by atoms with Gasteiger partial charge in [0.25, 0.3) is 0 Å². The van der Waals surface area contributed by atoms with Crippen molar-refractivity contribution < 1.29 is 9.47 Å². The number of aromatic nitrogens is 2. The van der Waals surface area contributed by atoms with Crippen molar-refractivity contribution in [3.05, 3.63) is 48.0 Å². The fraction of sp³-hybridized carbons (Fsp3) is 0.804. The van der Waals surface area contributed by atoms with Crippen molar-refractivity contribution in [2.45, 2.75) is 200 Å². The number of rotatable bonds is 19. The Bertz CT molecular complexity index is 1230. The van der Waals surface area contributed by atoms with Crippen LogP contribution in [0.1, 0.15) is 199 Å². The highest BCUT2D eigenvalue weighted by molar-refractivity contribution is 5.20. The van der Waals surface area contributed by atoms with Crippen LogP contribution in [0, 0.1) is 47.3 Å². The van der Waals surface area contributed by atoms with E-state index in [0.717, 1.165) is 71.7 Å². The summed E-state index contributed by atoms with van der Waals surface area (Å²) in [4.78, 5) is 9.05. The molecule has 4 saturated carbocycles. The van der Waals surface area contributed by atoms with E-state index in [-0.39, 0.29) is 0 Å². The molecule has 0 amide bonds.